The molecule has 1 N–H and O–H groups in total. The van der Waals surface area contributed by atoms with Crippen molar-refractivity contribution in [2.24, 2.45) is 0 Å². The molecule has 1 heterocycles. The van der Waals surface area contributed by atoms with Crippen molar-refractivity contribution in [1.82, 2.24) is 10.2 Å². The van der Waals surface area contributed by atoms with Crippen LogP contribution in [0.5, 0.6) is 5.75 Å². The molecule has 0 bridgehead atoms. The number of hydrogen-bond acceptors (Lipinski definition) is 4. The Morgan fingerprint density at radius 2 is 2.42 bits per heavy atom. The Labute approximate surface area is 81.5 Å². The van der Waals surface area contributed by atoms with Gasteiger partial charge in [-0.2, -0.15) is 10.4 Å². The standard InChI is InChI=1S/C6H4IN3O2/c1-12-4-3(2-8)6(11)10-9-5(4)7/h1H3,(H,10,11). The number of hydrogen-bond donors (Lipinski definition) is 1. The molecule has 0 spiro atoms. The zero-order valence-electron chi connectivity index (χ0n) is 6.09. The van der Waals surface area contributed by atoms with Crippen molar-refractivity contribution in [3.63, 3.8) is 0 Å². The van der Waals surface area contributed by atoms with Crippen LogP contribution in [0.25, 0.3) is 0 Å². The van der Waals surface area contributed by atoms with E-state index < -0.39 is 5.56 Å². The molecule has 0 aliphatic rings. The van der Waals surface area contributed by atoms with Gasteiger partial charge in [0, 0.05) is 0 Å². The largest absolute Gasteiger partial charge is 0.492 e. The smallest absolute Gasteiger partial charge is 0.285 e. The third-order valence-electron chi connectivity index (χ3n) is 1.21. The van der Waals surface area contributed by atoms with Gasteiger partial charge in [-0.25, -0.2) is 5.10 Å². The highest BCUT2D eigenvalue weighted by atomic mass is 127. The number of H-pyrrole nitrogens is 1. The number of aromatic amines is 1. The van der Waals surface area contributed by atoms with Crippen LogP contribution in [0, 0.1) is 15.0 Å². The van der Waals surface area contributed by atoms with Gasteiger partial charge in [0.15, 0.2) is 15.0 Å². The summed E-state index contributed by atoms with van der Waals surface area (Å²) in [7, 11) is 1.39. The Hall–Kier alpha value is -1.10. The van der Waals surface area contributed by atoms with Gasteiger partial charge in [0.1, 0.15) is 6.07 Å². The zero-order valence-corrected chi connectivity index (χ0v) is 8.25. The molecular weight excluding hydrogens is 273 g/mol. The van der Waals surface area contributed by atoms with Crippen molar-refractivity contribution in [1.29, 1.82) is 5.26 Å². The molecule has 12 heavy (non-hydrogen) atoms. The third-order valence-corrected chi connectivity index (χ3v) is 1.94. The van der Waals surface area contributed by atoms with Crippen molar-refractivity contribution < 1.29 is 4.74 Å². The Morgan fingerprint density at radius 3 is 2.83 bits per heavy atom. The molecule has 6 heteroatoms. The third kappa shape index (κ3) is 1.40. The number of nitriles is 1. The molecule has 1 rings (SSSR count). The summed E-state index contributed by atoms with van der Waals surface area (Å²) in [5.74, 6) is 0.224. The van der Waals surface area contributed by atoms with Gasteiger partial charge in [0.2, 0.25) is 0 Å². The van der Waals surface area contributed by atoms with Crippen molar-refractivity contribution in [3.05, 3.63) is 19.6 Å². The molecule has 0 unspecified atom stereocenters. The van der Waals surface area contributed by atoms with Crippen LogP contribution in [0.3, 0.4) is 0 Å². The number of nitrogens with one attached hydrogen (secondary N) is 1. The summed E-state index contributed by atoms with van der Waals surface area (Å²) in [6, 6.07) is 1.74. The molecule has 1 aromatic rings. The predicted molar refractivity (Wildman–Crippen MR) is 48.8 cm³/mol. The van der Waals surface area contributed by atoms with Crippen LogP contribution in [0.15, 0.2) is 4.79 Å². The Kier molecular flexibility index (Phi) is 2.65. The summed E-state index contributed by atoms with van der Waals surface area (Å²) >= 11 is 1.87. The van der Waals surface area contributed by atoms with Crippen LogP contribution in [0.1, 0.15) is 5.56 Å². The SMILES string of the molecule is COc1c(I)n[nH]c(=O)c1C#N. The van der Waals surface area contributed by atoms with E-state index in [1.165, 1.54) is 7.11 Å². The van der Waals surface area contributed by atoms with Crippen molar-refractivity contribution >= 4 is 22.6 Å². The normalized spacial score (nSPS) is 9.08. The fraction of sp³-hybridized carbons (Fsp3) is 0.167. The molecule has 1 aromatic heterocycles. The molecule has 0 radical (unpaired) electrons. The van der Waals surface area contributed by atoms with E-state index in [0.717, 1.165) is 0 Å². The average molecular weight is 277 g/mol. The number of nitrogens with zero attached hydrogens (tertiary/aromatic N) is 2. The summed E-state index contributed by atoms with van der Waals surface area (Å²) in [6.07, 6.45) is 0. The fourth-order valence-corrected chi connectivity index (χ4v) is 1.31. The molecule has 0 aromatic carbocycles. The summed E-state index contributed by atoms with van der Waals surface area (Å²) in [5, 5.41) is 14.4. The van der Waals surface area contributed by atoms with Gasteiger partial charge in [-0.3, -0.25) is 4.79 Å². The topological polar surface area (TPSA) is 78.8 Å². The number of halogens is 1. The lowest BCUT2D eigenvalue weighted by molar-refractivity contribution is 0.405. The van der Waals surface area contributed by atoms with Crippen molar-refractivity contribution in [3.8, 4) is 11.8 Å². The molecule has 62 valence electrons. The lowest BCUT2D eigenvalue weighted by Gasteiger charge is -2.01. The Bertz CT molecular complexity index is 393. The van der Waals surface area contributed by atoms with Crippen LogP contribution < -0.4 is 10.3 Å². The molecule has 0 aliphatic heterocycles. The lowest BCUT2D eigenvalue weighted by atomic mass is 10.3. The van der Waals surface area contributed by atoms with E-state index in [2.05, 4.69) is 10.2 Å². The molecule has 0 saturated heterocycles. The van der Waals surface area contributed by atoms with Crippen LogP contribution in [0.4, 0.5) is 0 Å². The highest BCUT2D eigenvalue weighted by Crippen LogP contribution is 2.18. The van der Waals surface area contributed by atoms with E-state index in [1.54, 1.807) is 6.07 Å². The van der Waals surface area contributed by atoms with Gasteiger partial charge in [0.05, 0.1) is 7.11 Å². The molecule has 0 aliphatic carbocycles. The second-order valence-corrected chi connectivity index (χ2v) is 2.89. The molecule has 0 atom stereocenters. The maximum Gasteiger partial charge on any atom is 0.285 e. The van der Waals surface area contributed by atoms with E-state index >= 15 is 0 Å². The Balaban J connectivity index is 3.52. The van der Waals surface area contributed by atoms with Gasteiger partial charge < -0.3 is 4.74 Å². The van der Waals surface area contributed by atoms with Crippen LogP contribution in [-0.2, 0) is 0 Å². The minimum absolute atomic E-state index is 0.0445. The minimum Gasteiger partial charge on any atom is -0.492 e. The summed E-state index contributed by atoms with van der Waals surface area (Å²) in [4.78, 5) is 11.0. The number of methoxy groups -OCH3 is 1. The highest BCUT2D eigenvalue weighted by Gasteiger charge is 2.11. The molecule has 0 fully saturated rings. The number of rotatable bonds is 1. The zero-order chi connectivity index (χ0) is 9.14. The first kappa shape index (κ1) is 8.99. The highest BCUT2D eigenvalue weighted by molar-refractivity contribution is 14.1. The summed E-state index contributed by atoms with van der Waals surface area (Å²) in [5.41, 5.74) is -0.577. The number of ether oxygens (including phenoxy) is 1. The Morgan fingerprint density at radius 1 is 1.75 bits per heavy atom. The maximum absolute atomic E-state index is 11.0. The molecular formula is C6H4IN3O2. The van der Waals surface area contributed by atoms with Crippen molar-refractivity contribution in [2.75, 3.05) is 7.11 Å². The van der Waals surface area contributed by atoms with E-state index in [1.807, 2.05) is 22.6 Å². The van der Waals surface area contributed by atoms with E-state index in [-0.39, 0.29) is 11.3 Å². The fourth-order valence-electron chi connectivity index (χ4n) is 0.701. The van der Waals surface area contributed by atoms with E-state index in [9.17, 15) is 4.79 Å². The van der Waals surface area contributed by atoms with Crippen molar-refractivity contribution in [2.45, 2.75) is 0 Å². The van der Waals surface area contributed by atoms with Crippen LogP contribution >= 0.6 is 22.6 Å². The van der Waals surface area contributed by atoms with Gasteiger partial charge in [-0.15, -0.1) is 0 Å². The first-order valence-electron chi connectivity index (χ1n) is 2.93. The lowest BCUT2D eigenvalue weighted by Crippen LogP contribution is -2.14. The van der Waals surface area contributed by atoms with E-state index in [4.69, 9.17) is 10.00 Å². The predicted octanol–water partition coefficient (Wildman–Crippen LogP) is 0.255. The molecule has 5 nitrogen and oxygen atoms in total. The average Bonchev–Trinajstić information content (AvgIpc) is 2.08. The second kappa shape index (κ2) is 3.53. The first-order valence-corrected chi connectivity index (χ1v) is 4.01. The summed E-state index contributed by atoms with van der Waals surface area (Å²) in [6.45, 7) is 0. The van der Waals surface area contributed by atoms with Crippen LogP contribution in [-0.4, -0.2) is 17.3 Å². The minimum atomic E-state index is -0.533. The van der Waals surface area contributed by atoms with Crippen LogP contribution in [0.2, 0.25) is 0 Å². The second-order valence-electron chi connectivity index (χ2n) is 1.86. The van der Waals surface area contributed by atoms with Gasteiger partial charge in [0.25, 0.3) is 5.56 Å². The number of aromatic nitrogens is 2. The van der Waals surface area contributed by atoms with Gasteiger partial charge in [-0.05, 0) is 22.6 Å². The van der Waals surface area contributed by atoms with Gasteiger partial charge >= 0.3 is 0 Å². The maximum atomic E-state index is 11.0. The monoisotopic (exact) mass is 277 g/mol. The molecule has 0 amide bonds. The van der Waals surface area contributed by atoms with Gasteiger partial charge in [-0.1, -0.05) is 0 Å². The first-order chi connectivity index (χ1) is 5.70. The quantitative estimate of drug-likeness (QED) is 0.746. The summed E-state index contributed by atoms with van der Waals surface area (Å²) < 4.78 is 5.30. The molecule has 0 saturated carbocycles. The van der Waals surface area contributed by atoms with E-state index in [0.29, 0.717) is 3.70 Å².